The van der Waals surface area contributed by atoms with Crippen LogP contribution in [0.15, 0.2) is 35.1 Å². The molecule has 0 aromatic carbocycles. The Morgan fingerprint density at radius 1 is 1.33 bits per heavy atom. The molecule has 0 amide bonds. The fourth-order valence-electron chi connectivity index (χ4n) is 2.81. The van der Waals surface area contributed by atoms with Crippen molar-refractivity contribution in [2.24, 2.45) is 0 Å². The average Bonchev–Trinajstić information content (AvgIpc) is 2.99. The van der Waals surface area contributed by atoms with E-state index in [0.717, 1.165) is 5.06 Å². The molecule has 8 nitrogen and oxygen atoms in total. The lowest BCUT2D eigenvalue weighted by Crippen LogP contribution is -2.37. The number of esters is 1. The number of halogens is 3. The molecule has 1 atom stereocenters. The van der Waals surface area contributed by atoms with Crippen molar-refractivity contribution >= 4 is 50.8 Å². The van der Waals surface area contributed by atoms with E-state index in [1.165, 1.54) is 4.68 Å². The number of carbonyl (C=O) groups excluding carboxylic acids is 1. The summed E-state index contributed by atoms with van der Waals surface area (Å²) in [7, 11) is 0. The Hall–Kier alpha value is -2.20. The summed E-state index contributed by atoms with van der Waals surface area (Å²) in [4.78, 5) is 20.6. The highest BCUT2D eigenvalue weighted by Crippen LogP contribution is 2.39. The minimum Gasteiger partial charge on any atom is -0.428 e. The van der Waals surface area contributed by atoms with Gasteiger partial charge >= 0.3 is 5.97 Å². The first-order chi connectivity index (χ1) is 12.9. The van der Waals surface area contributed by atoms with E-state index in [-0.39, 0.29) is 16.5 Å². The second kappa shape index (κ2) is 6.75. The Balaban J connectivity index is 1.86. The normalized spacial score (nSPS) is 16.3. The van der Waals surface area contributed by atoms with Gasteiger partial charge in [-0.25, -0.2) is 24.5 Å². The van der Waals surface area contributed by atoms with Crippen LogP contribution in [0.4, 0.5) is 5.69 Å². The third-order valence-electron chi connectivity index (χ3n) is 3.92. The predicted molar refractivity (Wildman–Crippen MR) is 100 cm³/mol. The quantitative estimate of drug-likeness (QED) is 0.445. The van der Waals surface area contributed by atoms with E-state index in [9.17, 15) is 10.0 Å². The van der Waals surface area contributed by atoms with Crippen molar-refractivity contribution in [1.29, 1.82) is 0 Å². The Morgan fingerprint density at radius 3 is 2.85 bits per heavy atom. The maximum absolute atomic E-state index is 12.5. The molecule has 4 heterocycles. The van der Waals surface area contributed by atoms with Gasteiger partial charge in [-0.15, -0.1) is 0 Å². The van der Waals surface area contributed by atoms with E-state index in [4.69, 9.17) is 27.9 Å². The van der Waals surface area contributed by atoms with Crippen LogP contribution in [0.25, 0.3) is 5.82 Å². The van der Waals surface area contributed by atoms with Crippen molar-refractivity contribution in [3.05, 3.63) is 62.2 Å². The highest BCUT2D eigenvalue weighted by atomic mass is 79.9. The van der Waals surface area contributed by atoms with E-state index in [0.29, 0.717) is 26.7 Å². The number of carbonyl (C=O) groups is 1. The molecule has 138 valence electrons. The Kier molecular flexibility index (Phi) is 4.55. The standard InChI is InChI=1S/C16H10BrCl2N5O3/c1-7-5-11(19)21-12-13(7)24(26)15(27-16(12)25)9-6-10(17)22-23(9)14-8(18)3-2-4-20-14/h2-6,15,26H,1H3. The van der Waals surface area contributed by atoms with Crippen LogP contribution in [-0.2, 0) is 4.74 Å². The van der Waals surface area contributed by atoms with Gasteiger partial charge in [-0.2, -0.15) is 5.10 Å². The number of aromatic nitrogens is 4. The molecule has 0 spiro atoms. The number of hydrogen-bond donors (Lipinski definition) is 1. The van der Waals surface area contributed by atoms with E-state index in [2.05, 4.69) is 31.0 Å². The molecule has 0 bridgehead atoms. The average molecular weight is 471 g/mol. The van der Waals surface area contributed by atoms with Gasteiger partial charge in [-0.1, -0.05) is 23.2 Å². The van der Waals surface area contributed by atoms with Gasteiger partial charge in [0.1, 0.15) is 21.1 Å². The molecular formula is C16H10BrCl2N5O3. The summed E-state index contributed by atoms with van der Waals surface area (Å²) in [5.74, 6) is -0.400. The van der Waals surface area contributed by atoms with Crippen molar-refractivity contribution in [2.45, 2.75) is 13.2 Å². The first kappa shape index (κ1) is 18.2. The Morgan fingerprint density at radius 2 is 2.11 bits per heavy atom. The third kappa shape index (κ3) is 3.06. The van der Waals surface area contributed by atoms with Crippen LogP contribution in [0.5, 0.6) is 0 Å². The molecule has 27 heavy (non-hydrogen) atoms. The molecule has 11 heteroatoms. The third-order valence-corrected chi connectivity index (χ3v) is 4.79. The molecule has 1 aliphatic rings. The van der Waals surface area contributed by atoms with Crippen LogP contribution in [0.1, 0.15) is 28.0 Å². The monoisotopic (exact) mass is 469 g/mol. The largest absolute Gasteiger partial charge is 0.428 e. The van der Waals surface area contributed by atoms with Crippen LogP contribution < -0.4 is 5.06 Å². The SMILES string of the molecule is Cc1cc(Cl)nc2c1N(O)C(c1cc(Br)nn1-c1ncccc1Cl)OC2=O. The molecule has 3 aromatic heterocycles. The van der Waals surface area contributed by atoms with Gasteiger partial charge in [0, 0.05) is 12.3 Å². The summed E-state index contributed by atoms with van der Waals surface area (Å²) in [5, 5.41) is 16.3. The van der Waals surface area contributed by atoms with E-state index >= 15 is 0 Å². The molecule has 0 saturated heterocycles. The maximum atomic E-state index is 12.5. The van der Waals surface area contributed by atoms with Crippen molar-refractivity contribution in [3.63, 3.8) is 0 Å². The molecule has 1 unspecified atom stereocenters. The van der Waals surface area contributed by atoms with Crippen LogP contribution in [-0.4, -0.2) is 30.9 Å². The van der Waals surface area contributed by atoms with Crippen molar-refractivity contribution in [2.75, 3.05) is 5.06 Å². The number of rotatable bonds is 2. The van der Waals surface area contributed by atoms with Crippen LogP contribution in [0.2, 0.25) is 10.2 Å². The van der Waals surface area contributed by atoms with Crippen LogP contribution in [0.3, 0.4) is 0 Å². The highest BCUT2D eigenvalue weighted by Gasteiger charge is 2.38. The zero-order valence-electron chi connectivity index (χ0n) is 13.6. The molecule has 0 radical (unpaired) electrons. The van der Waals surface area contributed by atoms with E-state index in [1.54, 1.807) is 37.4 Å². The number of aryl methyl sites for hydroxylation is 1. The lowest BCUT2D eigenvalue weighted by molar-refractivity contribution is -0.00743. The summed E-state index contributed by atoms with van der Waals surface area (Å²) in [5.41, 5.74) is 1.03. The van der Waals surface area contributed by atoms with E-state index in [1.807, 2.05) is 0 Å². The number of pyridine rings is 2. The van der Waals surface area contributed by atoms with Gasteiger partial charge in [-0.05, 0) is 46.6 Å². The van der Waals surface area contributed by atoms with Gasteiger partial charge < -0.3 is 4.74 Å². The number of anilines is 1. The summed E-state index contributed by atoms with van der Waals surface area (Å²) >= 11 is 15.4. The second-order valence-electron chi connectivity index (χ2n) is 5.67. The fourth-order valence-corrected chi connectivity index (χ4v) is 3.65. The molecule has 1 N–H and O–H groups in total. The van der Waals surface area contributed by atoms with Gasteiger partial charge in [-0.3, -0.25) is 5.21 Å². The minimum atomic E-state index is -1.19. The van der Waals surface area contributed by atoms with Gasteiger partial charge in [0.2, 0.25) is 6.23 Å². The number of nitrogens with zero attached hydrogens (tertiary/aromatic N) is 5. The number of fused-ring (bicyclic) bond motifs is 1. The topological polar surface area (TPSA) is 93.4 Å². The van der Waals surface area contributed by atoms with Gasteiger partial charge in [0.25, 0.3) is 0 Å². The lowest BCUT2D eigenvalue weighted by atomic mass is 10.1. The fraction of sp³-hybridized carbons (Fsp3) is 0.125. The van der Waals surface area contributed by atoms with E-state index < -0.39 is 12.2 Å². The number of hydrogen-bond acceptors (Lipinski definition) is 7. The van der Waals surface area contributed by atoms with Crippen molar-refractivity contribution in [1.82, 2.24) is 19.7 Å². The minimum absolute atomic E-state index is 0.0697. The summed E-state index contributed by atoms with van der Waals surface area (Å²) in [6.07, 6.45) is 0.360. The molecule has 4 rings (SSSR count). The van der Waals surface area contributed by atoms with Gasteiger partial charge in [0.15, 0.2) is 11.5 Å². The molecule has 0 fully saturated rings. The van der Waals surface area contributed by atoms with Crippen LogP contribution >= 0.6 is 39.1 Å². The summed E-state index contributed by atoms with van der Waals surface area (Å²) in [6, 6.07) is 6.47. The molecule has 1 aliphatic heterocycles. The summed E-state index contributed by atoms with van der Waals surface area (Å²) in [6.45, 7) is 1.70. The zero-order valence-corrected chi connectivity index (χ0v) is 16.7. The lowest BCUT2D eigenvalue weighted by Gasteiger charge is -2.33. The maximum Gasteiger partial charge on any atom is 0.361 e. The number of cyclic esters (lactones) is 1. The zero-order chi connectivity index (χ0) is 19.3. The second-order valence-corrected chi connectivity index (χ2v) is 7.28. The summed E-state index contributed by atoms with van der Waals surface area (Å²) < 4.78 is 7.23. The van der Waals surface area contributed by atoms with Gasteiger partial charge in [0.05, 0.1) is 5.02 Å². The smallest absolute Gasteiger partial charge is 0.361 e. The first-order valence-corrected chi connectivity index (χ1v) is 9.14. The highest BCUT2D eigenvalue weighted by molar-refractivity contribution is 9.10. The predicted octanol–water partition coefficient (Wildman–Crippen LogP) is 4.10. The number of ether oxygens (including phenoxy) is 1. The van der Waals surface area contributed by atoms with Crippen LogP contribution in [0, 0.1) is 6.92 Å². The molecule has 0 aliphatic carbocycles. The Labute approximate surface area is 171 Å². The van der Waals surface area contributed by atoms with Crippen molar-refractivity contribution < 1.29 is 14.7 Å². The first-order valence-electron chi connectivity index (χ1n) is 7.59. The number of hydroxylamine groups is 1. The molecular weight excluding hydrogens is 461 g/mol. The Bertz CT molecular complexity index is 1070. The van der Waals surface area contributed by atoms with Crippen molar-refractivity contribution in [3.8, 4) is 5.82 Å². The molecule has 3 aromatic rings. The molecule has 0 saturated carbocycles.